The second-order valence-electron chi connectivity index (χ2n) is 5.23. The molecule has 1 fully saturated rings. The van der Waals surface area contributed by atoms with E-state index in [-0.39, 0.29) is 12.2 Å². The van der Waals surface area contributed by atoms with Crippen molar-refractivity contribution in [2.75, 3.05) is 18.8 Å². The minimum atomic E-state index is -0.452. The molecule has 1 aliphatic heterocycles. The van der Waals surface area contributed by atoms with Gasteiger partial charge in [0, 0.05) is 30.9 Å². The standard InChI is InChI=1S/C14H21N3O2/c1-9-6-17(7-10(2)19-9)8-12-4-3-11(14(16)18)5-13(12)15/h3-5,9-10H,6-8,15H2,1-2H3,(H2,16,18)/t9-,10+. The molecule has 0 saturated carbocycles. The van der Waals surface area contributed by atoms with Crippen molar-refractivity contribution in [3.63, 3.8) is 0 Å². The highest BCUT2D eigenvalue weighted by Crippen LogP contribution is 2.19. The van der Waals surface area contributed by atoms with Gasteiger partial charge in [-0.3, -0.25) is 9.69 Å². The summed E-state index contributed by atoms with van der Waals surface area (Å²) >= 11 is 0. The quantitative estimate of drug-likeness (QED) is 0.796. The van der Waals surface area contributed by atoms with Crippen LogP contribution in [0.5, 0.6) is 0 Å². The van der Waals surface area contributed by atoms with Crippen LogP contribution in [0.25, 0.3) is 0 Å². The number of anilines is 1. The number of primary amides is 1. The van der Waals surface area contributed by atoms with Crippen LogP contribution in [0.3, 0.4) is 0 Å². The van der Waals surface area contributed by atoms with Gasteiger partial charge in [-0.2, -0.15) is 0 Å². The van der Waals surface area contributed by atoms with Crippen LogP contribution in [0.2, 0.25) is 0 Å². The first-order valence-corrected chi connectivity index (χ1v) is 6.51. The van der Waals surface area contributed by atoms with Crippen molar-refractivity contribution in [1.82, 2.24) is 4.90 Å². The van der Waals surface area contributed by atoms with Gasteiger partial charge in [-0.25, -0.2) is 0 Å². The summed E-state index contributed by atoms with van der Waals surface area (Å²) in [4.78, 5) is 13.4. The first-order valence-electron chi connectivity index (χ1n) is 6.51. The zero-order valence-electron chi connectivity index (χ0n) is 11.4. The molecule has 1 heterocycles. The first kappa shape index (κ1) is 13.8. The summed E-state index contributed by atoms with van der Waals surface area (Å²) in [6, 6.07) is 5.24. The summed E-state index contributed by atoms with van der Waals surface area (Å²) < 4.78 is 5.70. The summed E-state index contributed by atoms with van der Waals surface area (Å²) in [5, 5.41) is 0. The third-order valence-corrected chi connectivity index (χ3v) is 3.32. The largest absolute Gasteiger partial charge is 0.398 e. The summed E-state index contributed by atoms with van der Waals surface area (Å²) in [6.07, 6.45) is 0.463. The maximum absolute atomic E-state index is 11.1. The average molecular weight is 263 g/mol. The Hall–Kier alpha value is -1.59. The van der Waals surface area contributed by atoms with Gasteiger partial charge in [0.25, 0.3) is 0 Å². The Labute approximate surface area is 113 Å². The molecule has 2 rings (SSSR count). The number of nitrogen functional groups attached to an aromatic ring is 1. The van der Waals surface area contributed by atoms with Crippen LogP contribution in [0.15, 0.2) is 18.2 Å². The van der Waals surface area contributed by atoms with E-state index in [0.29, 0.717) is 11.3 Å². The van der Waals surface area contributed by atoms with Crippen molar-refractivity contribution in [2.24, 2.45) is 5.73 Å². The van der Waals surface area contributed by atoms with Crippen molar-refractivity contribution in [3.8, 4) is 0 Å². The van der Waals surface area contributed by atoms with E-state index in [2.05, 4.69) is 18.7 Å². The monoisotopic (exact) mass is 263 g/mol. The number of rotatable bonds is 3. The van der Waals surface area contributed by atoms with E-state index in [4.69, 9.17) is 16.2 Å². The highest BCUT2D eigenvalue weighted by molar-refractivity contribution is 5.93. The molecule has 1 aliphatic rings. The number of benzene rings is 1. The average Bonchev–Trinajstić information content (AvgIpc) is 2.30. The zero-order chi connectivity index (χ0) is 14.0. The molecular weight excluding hydrogens is 242 g/mol. The third kappa shape index (κ3) is 3.45. The van der Waals surface area contributed by atoms with Crippen LogP contribution >= 0.6 is 0 Å². The van der Waals surface area contributed by atoms with Gasteiger partial charge < -0.3 is 16.2 Å². The SMILES string of the molecule is C[C@@H]1CN(Cc2ccc(C(N)=O)cc2N)C[C@H](C)O1. The van der Waals surface area contributed by atoms with Crippen LogP contribution in [0.1, 0.15) is 29.8 Å². The predicted octanol–water partition coefficient (Wildman–Crippen LogP) is 0.977. The fourth-order valence-corrected chi connectivity index (χ4v) is 2.55. The maximum atomic E-state index is 11.1. The van der Waals surface area contributed by atoms with Crippen LogP contribution in [0, 0.1) is 0 Å². The van der Waals surface area contributed by atoms with Gasteiger partial charge >= 0.3 is 0 Å². The third-order valence-electron chi connectivity index (χ3n) is 3.32. The Balaban J connectivity index is 2.08. The minimum Gasteiger partial charge on any atom is -0.398 e. The molecular formula is C14H21N3O2. The van der Waals surface area contributed by atoms with Gasteiger partial charge in [0.2, 0.25) is 5.91 Å². The Morgan fingerprint density at radius 1 is 1.37 bits per heavy atom. The van der Waals surface area contributed by atoms with Crippen LogP contribution < -0.4 is 11.5 Å². The number of nitrogens with zero attached hydrogens (tertiary/aromatic N) is 1. The molecule has 5 nitrogen and oxygen atoms in total. The number of nitrogens with two attached hydrogens (primary N) is 2. The molecule has 0 radical (unpaired) electrons. The van der Waals surface area contributed by atoms with Crippen molar-refractivity contribution in [2.45, 2.75) is 32.6 Å². The molecule has 19 heavy (non-hydrogen) atoms. The van der Waals surface area contributed by atoms with Crippen molar-refractivity contribution >= 4 is 11.6 Å². The number of hydrogen-bond acceptors (Lipinski definition) is 4. The fraction of sp³-hybridized carbons (Fsp3) is 0.500. The molecule has 0 unspecified atom stereocenters. The van der Waals surface area contributed by atoms with Gasteiger partial charge in [-0.1, -0.05) is 6.07 Å². The van der Waals surface area contributed by atoms with Crippen LogP contribution in [-0.2, 0) is 11.3 Å². The maximum Gasteiger partial charge on any atom is 0.248 e. The van der Waals surface area contributed by atoms with E-state index in [9.17, 15) is 4.79 Å². The Morgan fingerprint density at radius 2 is 2.00 bits per heavy atom. The molecule has 2 atom stereocenters. The van der Waals surface area contributed by atoms with Gasteiger partial charge in [-0.05, 0) is 31.5 Å². The molecule has 1 saturated heterocycles. The van der Waals surface area contributed by atoms with Gasteiger partial charge in [0.15, 0.2) is 0 Å². The first-order chi connectivity index (χ1) is 8.95. The van der Waals surface area contributed by atoms with Gasteiger partial charge in [-0.15, -0.1) is 0 Å². The second kappa shape index (κ2) is 5.59. The number of carbonyl (C=O) groups excluding carboxylic acids is 1. The molecule has 104 valence electrons. The number of carbonyl (C=O) groups is 1. The van der Waals surface area contributed by atoms with E-state index in [0.717, 1.165) is 25.2 Å². The van der Waals surface area contributed by atoms with E-state index in [1.165, 1.54) is 0 Å². The smallest absolute Gasteiger partial charge is 0.248 e. The van der Waals surface area contributed by atoms with Crippen molar-refractivity contribution < 1.29 is 9.53 Å². The van der Waals surface area contributed by atoms with E-state index >= 15 is 0 Å². The highest BCUT2D eigenvalue weighted by Gasteiger charge is 2.22. The predicted molar refractivity (Wildman–Crippen MR) is 74.7 cm³/mol. The lowest BCUT2D eigenvalue weighted by atomic mass is 10.1. The lowest BCUT2D eigenvalue weighted by Gasteiger charge is -2.35. The molecule has 1 aromatic rings. The minimum absolute atomic E-state index is 0.231. The highest BCUT2D eigenvalue weighted by atomic mass is 16.5. The molecule has 1 aromatic carbocycles. The lowest BCUT2D eigenvalue weighted by Crippen LogP contribution is -2.44. The van der Waals surface area contributed by atoms with Gasteiger partial charge in [0.05, 0.1) is 12.2 Å². The normalized spacial score (nSPS) is 24.3. The number of morpholine rings is 1. The number of amides is 1. The topological polar surface area (TPSA) is 81.6 Å². The van der Waals surface area contributed by atoms with Crippen LogP contribution in [-0.4, -0.2) is 36.1 Å². The summed E-state index contributed by atoms with van der Waals surface area (Å²) in [7, 11) is 0. The van der Waals surface area contributed by atoms with Crippen molar-refractivity contribution in [3.05, 3.63) is 29.3 Å². The van der Waals surface area contributed by atoms with E-state index in [1.54, 1.807) is 12.1 Å². The molecule has 5 heteroatoms. The van der Waals surface area contributed by atoms with Crippen molar-refractivity contribution in [1.29, 1.82) is 0 Å². The van der Waals surface area contributed by atoms with Crippen LogP contribution in [0.4, 0.5) is 5.69 Å². The zero-order valence-corrected chi connectivity index (χ0v) is 11.4. The van der Waals surface area contributed by atoms with E-state index < -0.39 is 5.91 Å². The summed E-state index contributed by atoms with van der Waals surface area (Å²) in [5.74, 6) is -0.452. The molecule has 0 aromatic heterocycles. The summed E-state index contributed by atoms with van der Waals surface area (Å²) in [6.45, 7) is 6.69. The Kier molecular flexibility index (Phi) is 4.07. The van der Waals surface area contributed by atoms with E-state index in [1.807, 2.05) is 6.07 Å². The Morgan fingerprint density at radius 3 is 2.53 bits per heavy atom. The fourth-order valence-electron chi connectivity index (χ4n) is 2.55. The second-order valence-corrected chi connectivity index (χ2v) is 5.23. The molecule has 0 bridgehead atoms. The number of ether oxygens (including phenoxy) is 1. The molecule has 0 aliphatic carbocycles. The Bertz CT molecular complexity index is 466. The molecule has 1 amide bonds. The summed E-state index contributed by atoms with van der Waals surface area (Å²) in [5.41, 5.74) is 13.3. The molecule has 0 spiro atoms. The molecule has 4 N–H and O–H groups in total. The lowest BCUT2D eigenvalue weighted by molar-refractivity contribution is -0.0704. The van der Waals surface area contributed by atoms with Gasteiger partial charge in [0.1, 0.15) is 0 Å². The number of hydrogen-bond donors (Lipinski definition) is 2.